The minimum atomic E-state index is -3.70. The molecule has 0 saturated carbocycles. The Labute approximate surface area is 182 Å². The summed E-state index contributed by atoms with van der Waals surface area (Å²) in [5, 5.41) is 2.73. The topological polar surface area (TPSA) is 101 Å². The number of ether oxygens (including phenoxy) is 1. The van der Waals surface area contributed by atoms with Crippen LogP contribution >= 0.6 is 0 Å². The molecule has 0 aliphatic carbocycles. The second kappa shape index (κ2) is 9.40. The van der Waals surface area contributed by atoms with E-state index in [2.05, 4.69) is 15.3 Å². The van der Waals surface area contributed by atoms with E-state index < -0.39 is 15.9 Å². The third-order valence-corrected chi connectivity index (χ3v) is 6.63. The molecule has 1 N–H and O–H groups in total. The van der Waals surface area contributed by atoms with Crippen LogP contribution in [0.1, 0.15) is 38.2 Å². The van der Waals surface area contributed by atoms with Gasteiger partial charge in [0.15, 0.2) is 0 Å². The van der Waals surface area contributed by atoms with Gasteiger partial charge in [-0.25, -0.2) is 13.4 Å². The van der Waals surface area contributed by atoms with E-state index in [4.69, 9.17) is 4.74 Å². The van der Waals surface area contributed by atoms with Crippen molar-refractivity contribution < 1.29 is 17.9 Å². The lowest BCUT2D eigenvalue weighted by Gasteiger charge is -2.20. The highest BCUT2D eigenvalue weighted by Crippen LogP contribution is 2.30. The molecule has 9 heteroatoms. The van der Waals surface area contributed by atoms with Gasteiger partial charge in [-0.1, -0.05) is 26.0 Å². The quantitative estimate of drug-likeness (QED) is 0.571. The summed E-state index contributed by atoms with van der Waals surface area (Å²) >= 11 is 0. The van der Waals surface area contributed by atoms with Crippen LogP contribution in [0.3, 0.4) is 0 Å². The molecule has 3 aromatic rings. The van der Waals surface area contributed by atoms with Gasteiger partial charge in [-0.05, 0) is 44.2 Å². The van der Waals surface area contributed by atoms with Gasteiger partial charge in [-0.15, -0.1) is 0 Å². The molecule has 0 bridgehead atoms. The predicted molar refractivity (Wildman–Crippen MR) is 120 cm³/mol. The Morgan fingerprint density at radius 1 is 1.10 bits per heavy atom. The van der Waals surface area contributed by atoms with Gasteiger partial charge in [0.1, 0.15) is 11.4 Å². The number of carbonyl (C=O) groups excluding carboxylic acids is 1. The van der Waals surface area contributed by atoms with Crippen LogP contribution in [0.25, 0.3) is 11.0 Å². The molecule has 164 valence electrons. The normalized spacial score (nSPS) is 11.8. The summed E-state index contributed by atoms with van der Waals surface area (Å²) in [6.07, 6.45) is 1.22. The summed E-state index contributed by atoms with van der Waals surface area (Å²) in [7, 11) is -3.70. The first kappa shape index (κ1) is 22.6. The number of rotatable bonds is 8. The second-order valence-corrected chi connectivity index (χ2v) is 9.05. The number of carbonyl (C=O) groups is 1. The zero-order valence-corrected chi connectivity index (χ0v) is 18.8. The van der Waals surface area contributed by atoms with Crippen molar-refractivity contribution in [3.05, 3.63) is 54.4 Å². The van der Waals surface area contributed by atoms with E-state index in [1.807, 2.05) is 26.0 Å². The number of anilines is 1. The zero-order chi connectivity index (χ0) is 22.6. The fourth-order valence-electron chi connectivity index (χ4n) is 3.09. The summed E-state index contributed by atoms with van der Waals surface area (Å²) in [5.41, 5.74) is 1.63. The molecule has 0 aliphatic rings. The van der Waals surface area contributed by atoms with Gasteiger partial charge in [0.2, 0.25) is 10.0 Å². The molecule has 31 heavy (non-hydrogen) atoms. The Bertz CT molecular complexity index is 1190. The summed E-state index contributed by atoms with van der Waals surface area (Å²) in [6.45, 7) is 7.94. The van der Waals surface area contributed by atoms with Gasteiger partial charge in [0.25, 0.3) is 5.91 Å². The first-order chi connectivity index (χ1) is 14.8. The fraction of sp³-hybridized carbons (Fsp3) is 0.318. The van der Waals surface area contributed by atoms with Crippen LogP contribution in [0.5, 0.6) is 5.75 Å². The lowest BCUT2D eigenvalue weighted by molar-refractivity contribution is 0.102. The molecule has 0 aliphatic heterocycles. The zero-order valence-electron chi connectivity index (χ0n) is 18.0. The maximum absolute atomic E-state index is 12.9. The van der Waals surface area contributed by atoms with Gasteiger partial charge < -0.3 is 10.1 Å². The molecule has 0 radical (unpaired) electrons. The monoisotopic (exact) mass is 442 g/mol. The molecule has 0 saturated heterocycles. The number of hydrogen-bond acceptors (Lipinski definition) is 6. The third kappa shape index (κ3) is 5.00. The highest BCUT2D eigenvalue weighted by Gasteiger charge is 2.24. The second-order valence-electron chi connectivity index (χ2n) is 7.11. The van der Waals surface area contributed by atoms with Crippen molar-refractivity contribution in [3.8, 4) is 5.75 Å². The number of aromatic nitrogens is 2. The number of fused-ring (bicyclic) bond motifs is 1. The van der Waals surface area contributed by atoms with Crippen molar-refractivity contribution in [2.24, 2.45) is 0 Å². The SMILES string of the molecule is CCN(CC)S(=O)(=O)c1ccc(OC(C)C)c(NC(=O)c2cnc3ccccc3n2)c1. The Hall–Kier alpha value is -3.04. The van der Waals surface area contributed by atoms with Crippen molar-refractivity contribution in [1.82, 2.24) is 14.3 Å². The molecule has 0 spiro atoms. The minimum Gasteiger partial charge on any atom is -0.489 e. The van der Waals surface area contributed by atoms with Crippen molar-refractivity contribution >= 4 is 32.7 Å². The highest BCUT2D eigenvalue weighted by atomic mass is 32.2. The first-order valence-corrected chi connectivity index (χ1v) is 11.5. The van der Waals surface area contributed by atoms with Crippen LogP contribution in [0.2, 0.25) is 0 Å². The largest absolute Gasteiger partial charge is 0.489 e. The average molecular weight is 443 g/mol. The number of nitrogens with one attached hydrogen (secondary N) is 1. The standard InChI is InChI=1S/C22H26N4O4S/c1-5-26(6-2)31(28,29)16-11-12-21(30-15(3)4)19(13-16)25-22(27)20-14-23-17-9-7-8-10-18(17)24-20/h7-15H,5-6H2,1-4H3,(H,25,27). The van der Waals surface area contributed by atoms with Crippen LogP contribution in [-0.4, -0.2) is 47.8 Å². The third-order valence-electron chi connectivity index (χ3n) is 4.59. The number of benzene rings is 2. The number of hydrogen-bond donors (Lipinski definition) is 1. The minimum absolute atomic E-state index is 0.0761. The molecule has 1 heterocycles. The Morgan fingerprint density at radius 2 is 1.77 bits per heavy atom. The number of amides is 1. The molecule has 2 aromatic carbocycles. The molecule has 8 nitrogen and oxygen atoms in total. The van der Waals surface area contributed by atoms with E-state index in [0.717, 1.165) is 0 Å². The molecule has 0 fully saturated rings. The average Bonchev–Trinajstić information content (AvgIpc) is 2.74. The van der Waals surface area contributed by atoms with Gasteiger partial charge in [0, 0.05) is 13.1 Å². The number of sulfonamides is 1. The first-order valence-electron chi connectivity index (χ1n) is 10.1. The van der Waals surface area contributed by atoms with Gasteiger partial charge in [0.05, 0.1) is 33.9 Å². The van der Waals surface area contributed by atoms with E-state index in [0.29, 0.717) is 29.9 Å². The smallest absolute Gasteiger partial charge is 0.275 e. The molecule has 1 amide bonds. The van der Waals surface area contributed by atoms with Crippen LogP contribution in [0.4, 0.5) is 5.69 Å². The predicted octanol–water partition coefficient (Wildman–Crippen LogP) is 3.70. The van der Waals surface area contributed by atoms with Gasteiger partial charge in [-0.2, -0.15) is 4.31 Å². The van der Waals surface area contributed by atoms with Crippen molar-refractivity contribution in [2.45, 2.75) is 38.7 Å². The van der Waals surface area contributed by atoms with E-state index in [9.17, 15) is 13.2 Å². The van der Waals surface area contributed by atoms with Gasteiger partial charge in [-0.3, -0.25) is 9.78 Å². The van der Waals surface area contributed by atoms with Crippen molar-refractivity contribution in [3.63, 3.8) is 0 Å². The van der Waals surface area contributed by atoms with E-state index in [-0.39, 0.29) is 22.4 Å². The summed E-state index contributed by atoms with van der Waals surface area (Å²) < 4.78 is 33.0. The number of nitrogens with zero attached hydrogens (tertiary/aromatic N) is 3. The lowest BCUT2D eigenvalue weighted by atomic mass is 10.2. The Kier molecular flexibility index (Phi) is 6.87. The van der Waals surface area contributed by atoms with Crippen molar-refractivity contribution in [1.29, 1.82) is 0 Å². The van der Waals surface area contributed by atoms with Crippen LogP contribution in [-0.2, 0) is 10.0 Å². The molecule has 3 rings (SSSR count). The van der Waals surface area contributed by atoms with Crippen LogP contribution in [0.15, 0.2) is 53.6 Å². The van der Waals surface area contributed by atoms with Crippen LogP contribution < -0.4 is 10.1 Å². The summed E-state index contributed by atoms with van der Waals surface area (Å²) in [4.78, 5) is 21.6. The van der Waals surface area contributed by atoms with E-state index >= 15 is 0 Å². The highest BCUT2D eigenvalue weighted by molar-refractivity contribution is 7.89. The molecule has 0 unspecified atom stereocenters. The number of para-hydroxylation sites is 2. The summed E-state index contributed by atoms with van der Waals surface area (Å²) in [5.74, 6) is -0.139. The van der Waals surface area contributed by atoms with Gasteiger partial charge >= 0.3 is 0 Å². The van der Waals surface area contributed by atoms with Crippen molar-refractivity contribution in [2.75, 3.05) is 18.4 Å². The maximum Gasteiger partial charge on any atom is 0.275 e. The molecule has 0 atom stereocenters. The molecular weight excluding hydrogens is 416 g/mol. The van der Waals surface area contributed by atoms with E-state index in [1.165, 1.54) is 22.6 Å². The molecule has 1 aromatic heterocycles. The Morgan fingerprint density at radius 3 is 2.42 bits per heavy atom. The van der Waals surface area contributed by atoms with Crippen LogP contribution in [0, 0.1) is 0 Å². The Balaban J connectivity index is 1.99. The molecular formula is C22H26N4O4S. The van der Waals surface area contributed by atoms with E-state index in [1.54, 1.807) is 32.0 Å². The fourth-order valence-corrected chi connectivity index (χ4v) is 4.57. The maximum atomic E-state index is 12.9. The lowest BCUT2D eigenvalue weighted by Crippen LogP contribution is -2.30. The summed E-state index contributed by atoms with van der Waals surface area (Å²) in [6, 6.07) is 11.7.